The van der Waals surface area contributed by atoms with Crippen LogP contribution in [0.5, 0.6) is 0 Å². The van der Waals surface area contributed by atoms with Crippen LogP contribution in [0.3, 0.4) is 0 Å². The molecule has 0 spiro atoms. The average molecular weight is 346 g/mol. The first-order valence-corrected chi connectivity index (χ1v) is 7.90. The van der Waals surface area contributed by atoms with Gasteiger partial charge in [0.05, 0.1) is 5.56 Å². The SMILES string of the molecule is Cc1cc(-c2ccc(F)cc2)c(C#N)c2nc(-c3ccccc3F)nn12. The highest BCUT2D eigenvalue weighted by atomic mass is 19.1. The Kier molecular flexibility index (Phi) is 3.70. The lowest BCUT2D eigenvalue weighted by atomic mass is 10.0. The second kappa shape index (κ2) is 6.05. The van der Waals surface area contributed by atoms with Crippen molar-refractivity contribution in [3.63, 3.8) is 0 Å². The number of benzene rings is 2. The summed E-state index contributed by atoms with van der Waals surface area (Å²) in [6.45, 7) is 1.82. The first-order valence-electron chi connectivity index (χ1n) is 7.90. The van der Waals surface area contributed by atoms with Crippen LogP contribution >= 0.6 is 0 Å². The van der Waals surface area contributed by atoms with Crippen LogP contribution in [0.2, 0.25) is 0 Å². The summed E-state index contributed by atoms with van der Waals surface area (Å²) in [4.78, 5) is 4.39. The molecule has 0 saturated carbocycles. The number of nitriles is 1. The van der Waals surface area contributed by atoms with E-state index in [9.17, 15) is 14.0 Å². The van der Waals surface area contributed by atoms with Crippen LogP contribution in [0.15, 0.2) is 54.6 Å². The van der Waals surface area contributed by atoms with Gasteiger partial charge >= 0.3 is 0 Å². The lowest BCUT2D eigenvalue weighted by Crippen LogP contribution is -1.99. The normalized spacial score (nSPS) is 10.8. The van der Waals surface area contributed by atoms with E-state index in [4.69, 9.17) is 0 Å². The molecule has 0 bridgehead atoms. The summed E-state index contributed by atoms with van der Waals surface area (Å²) in [6, 6.07) is 16.0. The van der Waals surface area contributed by atoms with Crippen LogP contribution in [0.25, 0.3) is 28.2 Å². The Morgan fingerprint density at radius 3 is 2.42 bits per heavy atom. The van der Waals surface area contributed by atoms with Gasteiger partial charge in [-0.25, -0.2) is 18.3 Å². The Balaban J connectivity index is 1.99. The number of halogens is 2. The van der Waals surface area contributed by atoms with Crippen molar-refractivity contribution in [2.45, 2.75) is 6.92 Å². The molecule has 0 fully saturated rings. The van der Waals surface area contributed by atoms with Gasteiger partial charge in [-0.3, -0.25) is 0 Å². The molecule has 0 aliphatic heterocycles. The third-order valence-corrected chi connectivity index (χ3v) is 4.17. The fourth-order valence-corrected chi connectivity index (χ4v) is 2.91. The minimum atomic E-state index is -0.432. The summed E-state index contributed by atoms with van der Waals surface area (Å²) in [5.74, 6) is -0.577. The number of aryl methyl sites for hydroxylation is 1. The number of fused-ring (bicyclic) bond motifs is 1. The molecule has 6 heteroatoms. The molecule has 0 radical (unpaired) electrons. The van der Waals surface area contributed by atoms with Gasteiger partial charge < -0.3 is 0 Å². The number of nitrogens with zero attached hydrogens (tertiary/aromatic N) is 4. The van der Waals surface area contributed by atoms with E-state index in [-0.39, 0.29) is 17.2 Å². The maximum Gasteiger partial charge on any atom is 0.185 e. The Hall–Kier alpha value is -3.59. The minimum Gasteiger partial charge on any atom is -0.216 e. The van der Waals surface area contributed by atoms with Crippen molar-refractivity contribution in [3.05, 3.63) is 77.5 Å². The van der Waals surface area contributed by atoms with Gasteiger partial charge in [-0.1, -0.05) is 24.3 Å². The number of hydrogen-bond donors (Lipinski definition) is 0. The van der Waals surface area contributed by atoms with Gasteiger partial charge in [-0.2, -0.15) is 5.26 Å². The Morgan fingerprint density at radius 2 is 1.73 bits per heavy atom. The van der Waals surface area contributed by atoms with Crippen LogP contribution < -0.4 is 0 Å². The van der Waals surface area contributed by atoms with Crippen LogP contribution in [-0.2, 0) is 0 Å². The molecule has 0 N–H and O–H groups in total. The fourth-order valence-electron chi connectivity index (χ4n) is 2.91. The van der Waals surface area contributed by atoms with E-state index in [1.165, 1.54) is 22.7 Å². The van der Waals surface area contributed by atoms with E-state index in [0.717, 1.165) is 5.69 Å². The highest BCUT2D eigenvalue weighted by Gasteiger charge is 2.18. The molecule has 0 unspecified atom stereocenters. The van der Waals surface area contributed by atoms with Gasteiger partial charge in [0.15, 0.2) is 11.5 Å². The molecule has 4 aromatic rings. The topological polar surface area (TPSA) is 54.0 Å². The van der Waals surface area contributed by atoms with Crippen molar-refractivity contribution >= 4 is 5.65 Å². The zero-order valence-electron chi connectivity index (χ0n) is 13.7. The molecule has 0 amide bonds. The predicted molar refractivity (Wildman–Crippen MR) is 93.2 cm³/mol. The number of hydrogen-bond acceptors (Lipinski definition) is 3. The molecule has 26 heavy (non-hydrogen) atoms. The Morgan fingerprint density at radius 1 is 1.00 bits per heavy atom. The quantitative estimate of drug-likeness (QED) is 0.536. The van der Waals surface area contributed by atoms with Crippen LogP contribution in [-0.4, -0.2) is 14.6 Å². The smallest absolute Gasteiger partial charge is 0.185 e. The molecule has 0 saturated heterocycles. The summed E-state index contributed by atoms with van der Waals surface area (Å²) in [5.41, 5.74) is 2.97. The fraction of sp³-hybridized carbons (Fsp3) is 0.0500. The van der Waals surface area contributed by atoms with Crippen molar-refractivity contribution in [1.29, 1.82) is 5.26 Å². The van der Waals surface area contributed by atoms with E-state index in [0.29, 0.717) is 22.3 Å². The van der Waals surface area contributed by atoms with Gasteiger partial charge in [0.1, 0.15) is 23.3 Å². The summed E-state index contributed by atoms with van der Waals surface area (Å²) in [7, 11) is 0. The highest BCUT2D eigenvalue weighted by molar-refractivity contribution is 5.78. The zero-order chi connectivity index (χ0) is 18.3. The molecule has 0 atom stereocenters. The minimum absolute atomic E-state index is 0.207. The van der Waals surface area contributed by atoms with E-state index in [2.05, 4.69) is 16.2 Å². The molecule has 0 aliphatic carbocycles. The zero-order valence-corrected chi connectivity index (χ0v) is 13.7. The van der Waals surface area contributed by atoms with Gasteiger partial charge in [0.2, 0.25) is 0 Å². The third-order valence-electron chi connectivity index (χ3n) is 4.17. The molecule has 2 aromatic heterocycles. The molecular formula is C20H12F2N4. The predicted octanol–water partition coefficient (Wildman–Crippen LogP) is 4.52. The van der Waals surface area contributed by atoms with Crippen LogP contribution in [0, 0.1) is 29.9 Å². The second-order valence-corrected chi connectivity index (χ2v) is 5.84. The molecule has 4 rings (SSSR count). The molecule has 126 valence electrons. The molecular weight excluding hydrogens is 334 g/mol. The van der Waals surface area contributed by atoms with Crippen molar-refractivity contribution in [3.8, 4) is 28.6 Å². The lowest BCUT2D eigenvalue weighted by Gasteiger charge is -2.08. The second-order valence-electron chi connectivity index (χ2n) is 5.84. The van der Waals surface area contributed by atoms with Gasteiger partial charge in [0.25, 0.3) is 0 Å². The monoisotopic (exact) mass is 346 g/mol. The summed E-state index contributed by atoms with van der Waals surface area (Å²) in [5, 5.41) is 14.0. The number of rotatable bonds is 2. The summed E-state index contributed by atoms with van der Waals surface area (Å²) < 4.78 is 28.8. The van der Waals surface area contributed by atoms with Crippen molar-refractivity contribution in [1.82, 2.24) is 14.6 Å². The maximum absolute atomic E-state index is 14.1. The van der Waals surface area contributed by atoms with Gasteiger partial charge in [-0.05, 0) is 42.8 Å². The first kappa shape index (κ1) is 15.9. The van der Waals surface area contributed by atoms with Crippen molar-refractivity contribution < 1.29 is 8.78 Å². The Bertz CT molecular complexity index is 1170. The number of pyridine rings is 1. The summed E-state index contributed by atoms with van der Waals surface area (Å²) in [6.07, 6.45) is 0. The Labute approximate surface area is 148 Å². The van der Waals surface area contributed by atoms with E-state index in [1.54, 1.807) is 36.4 Å². The third kappa shape index (κ3) is 2.50. The largest absolute Gasteiger partial charge is 0.216 e. The standard InChI is InChI=1S/C20H12F2N4/c1-12-10-16(13-6-8-14(21)9-7-13)17(11-23)20-24-19(25-26(12)20)15-4-2-3-5-18(15)22/h2-10H,1H3. The van der Waals surface area contributed by atoms with Crippen molar-refractivity contribution in [2.75, 3.05) is 0 Å². The van der Waals surface area contributed by atoms with Crippen LogP contribution in [0.4, 0.5) is 8.78 Å². The van der Waals surface area contributed by atoms with Gasteiger partial charge in [-0.15, -0.1) is 5.10 Å². The average Bonchev–Trinajstić information content (AvgIpc) is 3.08. The molecule has 2 heterocycles. The van der Waals surface area contributed by atoms with E-state index >= 15 is 0 Å². The van der Waals surface area contributed by atoms with Gasteiger partial charge in [0, 0.05) is 11.3 Å². The first-order chi connectivity index (χ1) is 12.6. The summed E-state index contributed by atoms with van der Waals surface area (Å²) >= 11 is 0. The van der Waals surface area contributed by atoms with E-state index < -0.39 is 5.82 Å². The van der Waals surface area contributed by atoms with Crippen molar-refractivity contribution in [2.24, 2.45) is 0 Å². The van der Waals surface area contributed by atoms with E-state index in [1.807, 2.05) is 6.92 Å². The molecule has 2 aromatic carbocycles. The van der Waals surface area contributed by atoms with Crippen LogP contribution in [0.1, 0.15) is 11.3 Å². The number of aromatic nitrogens is 3. The molecule has 4 nitrogen and oxygen atoms in total. The highest BCUT2D eigenvalue weighted by Crippen LogP contribution is 2.29. The maximum atomic E-state index is 14.1. The lowest BCUT2D eigenvalue weighted by molar-refractivity contribution is 0.628. The molecule has 0 aliphatic rings.